The number of benzene rings is 2. The van der Waals surface area contributed by atoms with Crippen LogP contribution in [0.25, 0.3) is 11.1 Å². The molecule has 2 aromatic carbocycles. The third-order valence-electron chi connectivity index (χ3n) is 3.86. The molecule has 3 rings (SSSR count). The minimum atomic E-state index is -0.300. The van der Waals surface area contributed by atoms with Gasteiger partial charge in [0.15, 0.2) is 5.78 Å². The summed E-state index contributed by atoms with van der Waals surface area (Å²) in [6.07, 6.45) is 2.21. The van der Waals surface area contributed by atoms with Crippen molar-refractivity contribution in [3.63, 3.8) is 0 Å². The van der Waals surface area contributed by atoms with E-state index in [9.17, 15) is 9.59 Å². The Balaban J connectivity index is 1.72. The fraction of sp³-hybridized carbons (Fsp3) is 0.222. The molecule has 0 radical (unpaired) electrons. The van der Waals surface area contributed by atoms with E-state index >= 15 is 0 Å². The molecule has 1 N–H and O–H groups in total. The van der Waals surface area contributed by atoms with Crippen molar-refractivity contribution in [2.75, 3.05) is 0 Å². The lowest BCUT2D eigenvalue weighted by Crippen LogP contribution is -2.37. The van der Waals surface area contributed by atoms with Crippen LogP contribution in [0.15, 0.2) is 54.6 Å². The summed E-state index contributed by atoms with van der Waals surface area (Å²) < 4.78 is 0. The molecule has 1 amide bonds. The van der Waals surface area contributed by atoms with Crippen LogP contribution < -0.4 is 5.32 Å². The predicted octanol–water partition coefficient (Wildman–Crippen LogP) is 3.21. The number of carbonyl (C=O) groups is 2. The second-order valence-electron chi connectivity index (χ2n) is 5.33. The molecule has 1 atom stereocenters. The van der Waals surface area contributed by atoms with E-state index in [0.29, 0.717) is 12.0 Å². The molecular weight excluding hydrogens is 262 g/mol. The van der Waals surface area contributed by atoms with Gasteiger partial charge in [-0.2, -0.15) is 0 Å². The quantitative estimate of drug-likeness (QED) is 0.937. The van der Waals surface area contributed by atoms with Crippen molar-refractivity contribution < 1.29 is 9.59 Å². The van der Waals surface area contributed by atoms with Gasteiger partial charge in [-0.3, -0.25) is 9.59 Å². The molecule has 1 unspecified atom stereocenters. The van der Waals surface area contributed by atoms with Crippen LogP contribution >= 0.6 is 0 Å². The first-order valence-corrected chi connectivity index (χ1v) is 7.23. The maximum Gasteiger partial charge on any atom is 0.251 e. The predicted molar refractivity (Wildman–Crippen MR) is 82.0 cm³/mol. The van der Waals surface area contributed by atoms with Crippen molar-refractivity contribution in [3.05, 3.63) is 60.2 Å². The van der Waals surface area contributed by atoms with E-state index in [1.54, 1.807) is 12.1 Å². The minimum Gasteiger partial charge on any atom is -0.342 e. The number of ketones is 1. The van der Waals surface area contributed by atoms with Crippen molar-refractivity contribution >= 4 is 11.7 Å². The number of rotatable bonds is 3. The summed E-state index contributed by atoms with van der Waals surface area (Å²) in [5.41, 5.74) is 2.79. The molecule has 106 valence electrons. The van der Waals surface area contributed by atoms with Crippen LogP contribution in [0.5, 0.6) is 0 Å². The number of hydrogen-bond donors (Lipinski definition) is 1. The summed E-state index contributed by atoms with van der Waals surface area (Å²) in [7, 11) is 0. The Bertz CT molecular complexity index is 647. The van der Waals surface area contributed by atoms with Gasteiger partial charge in [-0.05, 0) is 36.1 Å². The van der Waals surface area contributed by atoms with Gasteiger partial charge < -0.3 is 5.32 Å². The summed E-state index contributed by atoms with van der Waals surface area (Å²) >= 11 is 0. The molecule has 0 spiro atoms. The molecule has 2 aromatic rings. The Kier molecular flexibility index (Phi) is 3.82. The third-order valence-corrected chi connectivity index (χ3v) is 3.86. The van der Waals surface area contributed by atoms with Gasteiger partial charge in [0.05, 0.1) is 6.04 Å². The van der Waals surface area contributed by atoms with E-state index in [-0.39, 0.29) is 17.7 Å². The second kappa shape index (κ2) is 5.92. The van der Waals surface area contributed by atoms with Crippen LogP contribution in [0.2, 0.25) is 0 Å². The van der Waals surface area contributed by atoms with Crippen molar-refractivity contribution in [2.24, 2.45) is 0 Å². The van der Waals surface area contributed by atoms with Crippen LogP contribution in [-0.2, 0) is 4.79 Å². The summed E-state index contributed by atoms with van der Waals surface area (Å²) in [6.45, 7) is 0. The fourth-order valence-electron chi connectivity index (χ4n) is 2.65. The van der Waals surface area contributed by atoms with E-state index in [1.807, 2.05) is 42.5 Å². The Labute approximate surface area is 124 Å². The van der Waals surface area contributed by atoms with Gasteiger partial charge in [0.1, 0.15) is 0 Å². The van der Waals surface area contributed by atoms with E-state index in [0.717, 1.165) is 24.0 Å². The molecule has 21 heavy (non-hydrogen) atoms. The normalized spacial score (nSPS) is 17.7. The zero-order valence-corrected chi connectivity index (χ0v) is 11.7. The Hall–Kier alpha value is -2.42. The molecule has 1 saturated carbocycles. The molecule has 0 aliphatic heterocycles. The van der Waals surface area contributed by atoms with Crippen molar-refractivity contribution in [1.82, 2.24) is 5.32 Å². The Morgan fingerprint density at radius 2 is 1.62 bits per heavy atom. The molecule has 1 aliphatic rings. The van der Waals surface area contributed by atoms with E-state index in [2.05, 4.69) is 5.32 Å². The van der Waals surface area contributed by atoms with Gasteiger partial charge in [-0.15, -0.1) is 0 Å². The van der Waals surface area contributed by atoms with Crippen LogP contribution in [0.1, 0.15) is 29.6 Å². The zero-order valence-electron chi connectivity index (χ0n) is 11.7. The van der Waals surface area contributed by atoms with Gasteiger partial charge in [0, 0.05) is 12.0 Å². The first-order chi connectivity index (χ1) is 10.2. The largest absolute Gasteiger partial charge is 0.342 e. The number of amides is 1. The fourth-order valence-corrected chi connectivity index (χ4v) is 2.65. The highest BCUT2D eigenvalue weighted by Gasteiger charge is 2.25. The van der Waals surface area contributed by atoms with Crippen LogP contribution in [0.4, 0.5) is 0 Å². The average molecular weight is 279 g/mol. The van der Waals surface area contributed by atoms with Gasteiger partial charge in [0.25, 0.3) is 5.91 Å². The van der Waals surface area contributed by atoms with E-state index < -0.39 is 0 Å². The maximum atomic E-state index is 12.1. The summed E-state index contributed by atoms with van der Waals surface area (Å²) in [5.74, 6) is -0.0286. The molecule has 3 heteroatoms. The summed E-state index contributed by atoms with van der Waals surface area (Å²) in [6, 6.07) is 17.2. The van der Waals surface area contributed by atoms with E-state index in [1.165, 1.54) is 0 Å². The summed E-state index contributed by atoms with van der Waals surface area (Å²) in [5, 5.41) is 2.82. The first-order valence-electron chi connectivity index (χ1n) is 7.23. The smallest absolute Gasteiger partial charge is 0.251 e. The zero-order chi connectivity index (χ0) is 14.7. The second-order valence-corrected chi connectivity index (χ2v) is 5.33. The lowest BCUT2D eigenvalue weighted by Gasteiger charge is -2.11. The van der Waals surface area contributed by atoms with Crippen LogP contribution in [0, 0.1) is 0 Å². The third kappa shape index (κ3) is 3.02. The van der Waals surface area contributed by atoms with E-state index in [4.69, 9.17) is 0 Å². The topological polar surface area (TPSA) is 46.2 Å². The average Bonchev–Trinajstić information content (AvgIpc) is 2.93. The highest BCUT2D eigenvalue weighted by Crippen LogP contribution is 2.20. The lowest BCUT2D eigenvalue weighted by atomic mass is 10.0. The molecule has 0 saturated heterocycles. The minimum absolute atomic E-state index is 0.143. The van der Waals surface area contributed by atoms with Gasteiger partial charge in [0.2, 0.25) is 0 Å². The van der Waals surface area contributed by atoms with Crippen LogP contribution in [0.3, 0.4) is 0 Å². The standard InChI is InChI=1S/C18H17NO2/c20-17-8-4-7-16(17)19-18(21)15-11-9-14(10-12-15)13-5-2-1-3-6-13/h1-3,5-6,9-12,16H,4,7-8H2,(H,19,21). The van der Waals surface area contributed by atoms with Crippen LogP contribution in [-0.4, -0.2) is 17.7 Å². The van der Waals surface area contributed by atoms with Gasteiger partial charge in [-0.1, -0.05) is 42.5 Å². The van der Waals surface area contributed by atoms with Gasteiger partial charge >= 0.3 is 0 Å². The molecule has 3 nitrogen and oxygen atoms in total. The lowest BCUT2D eigenvalue weighted by molar-refractivity contribution is -0.118. The molecule has 0 bridgehead atoms. The van der Waals surface area contributed by atoms with Crippen molar-refractivity contribution in [2.45, 2.75) is 25.3 Å². The Morgan fingerprint density at radius 1 is 0.952 bits per heavy atom. The SMILES string of the molecule is O=C(NC1CCCC1=O)c1ccc(-c2ccccc2)cc1. The highest BCUT2D eigenvalue weighted by molar-refractivity contribution is 5.98. The first kappa shape index (κ1) is 13.6. The van der Waals surface area contributed by atoms with Crippen molar-refractivity contribution in [3.8, 4) is 11.1 Å². The molecular formula is C18H17NO2. The number of Topliss-reactive ketones (excluding diaryl/α,β-unsaturated/α-hetero) is 1. The molecule has 0 heterocycles. The van der Waals surface area contributed by atoms with Gasteiger partial charge in [-0.25, -0.2) is 0 Å². The molecule has 1 fully saturated rings. The Morgan fingerprint density at radius 3 is 2.24 bits per heavy atom. The molecule has 1 aliphatic carbocycles. The maximum absolute atomic E-state index is 12.1. The monoisotopic (exact) mass is 279 g/mol. The number of hydrogen-bond acceptors (Lipinski definition) is 2. The number of carbonyl (C=O) groups excluding carboxylic acids is 2. The molecule has 0 aromatic heterocycles. The number of nitrogens with one attached hydrogen (secondary N) is 1. The highest BCUT2D eigenvalue weighted by atomic mass is 16.2. The van der Waals surface area contributed by atoms with Crippen molar-refractivity contribution in [1.29, 1.82) is 0 Å². The summed E-state index contributed by atoms with van der Waals surface area (Å²) in [4.78, 5) is 23.7.